The van der Waals surface area contributed by atoms with E-state index >= 15 is 0 Å². The van der Waals surface area contributed by atoms with Gasteiger partial charge < -0.3 is 5.32 Å². The molecule has 0 spiro atoms. The van der Waals surface area contributed by atoms with Crippen molar-refractivity contribution in [3.8, 4) is 0 Å². The van der Waals surface area contributed by atoms with Crippen molar-refractivity contribution >= 4 is 44.9 Å². The molecule has 0 aromatic heterocycles. The molecule has 3 nitrogen and oxygen atoms in total. The predicted octanol–water partition coefficient (Wildman–Crippen LogP) is 3.19. The number of anilines is 1. The number of amides is 1. The van der Waals surface area contributed by atoms with E-state index in [9.17, 15) is 9.59 Å². The van der Waals surface area contributed by atoms with Gasteiger partial charge in [0.05, 0.1) is 15.5 Å². The molecule has 2 rings (SSSR count). The number of ketones is 1. The van der Waals surface area contributed by atoms with Crippen LogP contribution >= 0.6 is 27.5 Å². The van der Waals surface area contributed by atoms with Crippen molar-refractivity contribution in [2.45, 2.75) is 24.6 Å². The number of hydrogen-bond donors (Lipinski definition) is 1. The molecule has 1 heterocycles. The summed E-state index contributed by atoms with van der Waals surface area (Å²) in [5.74, 6) is -0.0427. The number of benzene rings is 1. The summed E-state index contributed by atoms with van der Waals surface area (Å²) >= 11 is 9.32. The summed E-state index contributed by atoms with van der Waals surface area (Å²) in [7, 11) is 0. The molecule has 5 heteroatoms. The van der Waals surface area contributed by atoms with E-state index in [1.54, 1.807) is 19.1 Å². The minimum absolute atomic E-state index is 0.00778. The average Bonchev–Trinajstić information content (AvgIpc) is 2.28. The van der Waals surface area contributed by atoms with Crippen LogP contribution in [0.15, 0.2) is 12.1 Å². The normalized spacial score (nSPS) is 16.1. The van der Waals surface area contributed by atoms with Crippen molar-refractivity contribution < 1.29 is 9.59 Å². The highest BCUT2D eigenvalue weighted by Crippen LogP contribution is 2.32. The van der Waals surface area contributed by atoms with Gasteiger partial charge in [0, 0.05) is 12.0 Å². The molecule has 1 atom stereocenters. The molecule has 1 aliphatic rings. The van der Waals surface area contributed by atoms with Gasteiger partial charge in [0.15, 0.2) is 5.78 Å². The first-order chi connectivity index (χ1) is 7.99. The van der Waals surface area contributed by atoms with Gasteiger partial charge in [-0.25, -0.2) is 0 Å². The fraction of sp³-hybridized carbons (Fsp3) is 0.333. The van der Waals surface area contributed by atoms with Gasteiger partial charge in [-0.1, -0.05) is 27.5 Å². The van der Waals surface area contributed by atoms with Gasteiger partial charge in [0.2, 0.25) is 5.91 Å². The third kappa shape index (κ3) is 2.53. The van der Waals surface area contributed by atoms with Crippen molar-refractivity contribution in [1.29, 1.82) is 0 Å². The van der Waals surface area contributed by atoms with Gasteiger partial charge in [-0.2, -0.15) is 0 Å². The first kappa shape index (κ1) is 12.6. The van der Waals surface area contributed by atoms with Gasteiger partial charge in [-0.3, -0.25) is 9.59 Å². The molecule has 0 bridgehead atoms. The second-order valence-corrected chi connectivity index (χ2v) is 5.80. The molecule has 90 valence electrons. The minimum Gasteiger partial charge on any atom is -0.325 e. The van der Waals surface area contributed by atoms with Gasteiger partial charge in [-0.15, -0.1) is 0 Å². The highest BCUT2D eigenvalue weighted by molar-refractivity contribution is 9.10. The van der Waals surface area contributed by atoms with Gasteiger partial charge in [0.25, 0.3) is 0 Å². The molecule has 1 N–H and O–H groups in total. The summed E-state index contributed by atoms with van der Waals surface area (Å²) in [6.07, 6.45) is 1.06. The third-order valence-corrected chi connectivity index (χ3v) is 3.42. The van der Waals surface area contributed by atoms with Gasteiger partial charge >= 0.3 is 0 Å². The number of carbonyl (C=O) groups is 2. The highest BCUT2D eigenvalue weighted by Gasteiger charge is 2.21. The lowest BCUT2D eigenvalue weighted by atomic mass is 9.98. The molecule has 0 saturated heterocycles. The smallest absolute Gasteiger partial charge is 0.224 e. The van der Waals surface area contributed by atoms with E-state index in [0.29, 0.717) is 29.1 Å². The van der Waals surface area contributed by atoms with Crippen molar-refractivity contribution in [3.63, 3.8) is 0 Å². The SMILES string of the molecule is CC(Br)C(=O)c1cc(Cl)c2c(c1)CCC(=O)N2. The van der Waals surface area contributed by atoms with Crippen molar-refractivity contribution in [2.75, 3.05) is 5.32 Å². The van der Waals surface area contributed by atoms with Crippen molar-refractivity contribution in [1.82, 2.24) is 0 Å². The lowest BCUT2D eigenvalue weighted by Crippen LogP contribution is -2.20. The van der Waals surface area contributed by atoms with Gasteiger partial charge in [0.1, 0.15) is 0 Å². The molecule has 17 heavy (non-hydrogen) atoms. The van der Waals surface area contributed by atoms with Crippen LogP contribution in [0.4, 0.5) is 5.69 Å². The molecule has 1 unspecified atom stereocenters. The molecule has 1 aliphatic heterocycles. The number of alkyl halides is 1. The number of rotatable bonds is 2. The van der Waals surface area contributed by atoms with Crippen LogP contribution in [0.5, 0.6) is 0 Å². The fourth-order valence-corrected chi connectivity index (χ4v) is 2.37. The predicted molar refractivity (Wildman–Crippen MR) is 71.1 cm³/mol. The van der Waals surface area contributed by atoms with Crippen LogP contribution in [-0.4, -0.2) is 16.5 Å². The largest absolute Gasteiger partial charge is 0.325 e. The Morgan fingerprint density at radius 1 is 1.47 bits per heavy atom. The van der Waals surface area contributed by atoms with Crippen LogP contribution in [0.1, 0.15) is 29.3 Å². The number of hydrogen-bond acceptors (Lipinski definition) is 2. The Kier molecular flexibility index (Phi) is 3.54. The maximum absolute atomic E-state index is 11.9. The van der Waals surface area contributed by atoms with E-state index in [1.807, 2.05) is 0 Å². The lowest BCUT2D eigenvalue weighted by molar-refractivity contribution is -0.116. The Labute approximate surface area is 113 Å². The summed E-state index contributed by atoms with van der Waals surface area (Å²) < 4.78 is 0. The molecular weight excluding hydrogens is 305 g/mol. The van der Waals surface area contributed by atoms with Gasteiger partial charge in [-0.05, 0) is 31.0 Å². The molecule has 1 amide bonds. The minimum atomic E-state index is -0.241. The third-order valence-electron chi connectivity index (χ3n) is 2.70. The zero-order valence-corrected chi connectivity index (χ0v) is 11.6. The lowest BCUT2D eigenvalue weighted by Gasteiger charge is -2.19. The number of aryl methyl sites for hydroxylation is 1. The van der Waals surface area contributed by atoms with E-state index in [-0.39, 0.29) is 16.5 Å². The van der Waals surface area contributed by atoms with Crippen molar-refractivity contribution in [3.05, 3.63) is 28.3 Å². The second-order valence-electron chi connectivity index (χ2n) is 4.02. The summed E-state index contributed by atoms with van der Waals surface area (Å²) in [4.78, 5) is 22.9. The monoisotopic (exact) mass is 315 g/mol. The van der Waals surface area contributed by atoms with Crippen LogP contribution < -0.4 is 5.32 Å². The zero-order chi connectivity index (χ0) is 12.6. The Morgan fingerprint density at radius 3 is 2.82 bits per heavy atom. The summed E-state index contributed by atoms with van der Waals surface area (Å²) in [6.45, 7) is 1.78. The van der Waals surface area contributed by atoms with E-state index in [2.05, 4.69) is 21.2 Å². The molecule has 0 radical (unpaired) electrons. The molecule has 0 fully saturated rings. The van der Waals surface area contributed by atoms with E-state index in [1.165, 1.54) is 0 Å². The van der Waals surface area contributed by atoms with Crippen LogP contribution in [0.3, 0.4) is 0 Å². The second kappa shape index (κ2) is 4.78. The Bertz CT molecular complexity index is 500. The van der Waals surface area contributed by atoms with Crippen LogP contribution in [0.2, 0.25) is 5.02 Å². The Morgan fingerprint density at radius 2 is 2.18 bits per heavy atom. The Balaban J connectivity index is 2.44. The number of fused-ring (bicyclic) bond motifs is 1. The molecule has 0 aliphatic carbocycles. The van der Waals surface area contributed by atoms with Crippen LogP contribution in [0, 0.1) is 0 Å². The van der Waals surface area contributed by atoms with Crippen LogP contribution in [0.25, 0.3) is 0 Å². The van der Waals surface area contributed by atoms with Crippen molar-refractivity contribution in [2.24, 2.45) is 0 Å². The average molecular weight is 317 g/mol. The fourth-order valence-electron chi connectivity index (χ4n) is 1.82. The Hall–Kier alpha value is -0.870. The highest BCUT2D eigenvalue weighted by atomic mass is 79.9. The zero-order valence-electron chi connectivity index (χ0n) is 9.22. The number of Topliss-reactive ketones (excluding diaryl/α,β-unsaturated/α-hetero) is 1. The first-order valence-electron chi connectivity index (χ1n) is 5.29. The van der Waals surface area contributed by atoms with E-state index in [4.69, 9.17) is 11.6 Å². The maximum atomic E-state index is 11.9. The number of halogens is 2. The number of carbonyl (C=O) groups excluding carboxylic acids is 2. The quantitative estimate of drug-likeness (QED) is 0.673. The maximum Gasteiger partial charge on any atom is 0.224 e. The molecular formula is C12H11BrClNO2. The topological polar surface area (TPSA) is 46.2 Å². The van der Waals surface area contributed by atoms with E-state index < -0.39 is 0 Å². The summed E-state index contributed by atoms with van der Waals surface area (Å²) in [5.41, 5.74) is 2.14. The standard InChI is InChI=1S/C12H11BrClNO2/c1-6(13)12(17)8-4-7-2-3-10(16)15-11(7)9(14)5-8/h4-6H,2-3H2,1H3,(H,15,16). The molecule has 0 saturated carbocycles. The molecule has 1 aromatic rings. The number of nitrogens with one attached hydrogen (secondary N) is 1. The molecule has 1 aromatic carbocycles. The van der Waals surface area contributed by atoms with E-state index in [0.717, 1.165) is 5.56 Å². The van der Waals surface area contributed by atoms with Crippen LogP contribution in [-0.2, 0) is 11.2 Å². The summed E-state index contributed by atoms with van der Waals surface area (Å²) in [6, 6.07) is 3.41. The first-order valence-corrected chi connectivity index (χ1v) is 6.59. The summed E-state index contributed by atoms with van der Waals surface area (Å²) in [5, 5.41) is 3.15.